The van der Waals surface area contributed by atoms with E-state index in [0.29, 0.717) is 11.1 Å². The second-order valence-corrected chi connectivity index (χ2v) is 10.1. The van der Waals surface area contributed by atoms with Crippen LogP contribution in [0.3, 0.4) is 0 Å². The summed E-state index contributed by atoms with van der Waals surface area (Å²) in [4.78, 5) is 50.1. The minimum Gasteiger partial charge on any atom is -0.459 e. The van der Waals surface area contributed by atoms with Gasteiger partial charge in [0.25, 0.3) is 0 Å². The number of esters is 2. The van der Waals surface area contributed by atoms with Crippen LogP contribution >= 0.6 is 0 Å². The fraction of sp³-hybridized carbons (Fsp3) is 0.538. The highest BCUT2D eigenvalue weighted by atomic mass is 16.6. The van der Waals surface area contributed by atoms with Gasteiger partial charge in [-0.1, -0.05) is 24.3 Å². The van der Waals surface area contributed by atoms with Crippen molar-refractivity contribution in [1.29, 1.82) is 0 Å². The van der Waals surface area contributed by atoms with E-state index in [4.69, 9.17) is 18.9 Å². The molecule has 2 N–H and O–H groups in total. The van der Waals surface area contributed by atoms with Crippen molar-refractivity contribution in [2.75, 3.05) is 0 Å². The van der Waals surface area contributed by atoms with E-state index < -0.39 is 47.4 Å². The van der Waals surface area contributed by atoms with Gasteiger partial charge in [0, 0.05) is 12.8 Å². The quantitative estimate of drug-likeness (QED) is 0.358. The zero-order valence-electron chi connectivity index (χ0n) is 21.6. The minimum absolute atomic E-state index is 0.103. The molecule has 1 aliphatic rings. The fourth-order valence-electron chi connectivity index (χ4n) is 2.97. The summed E-state index contributed by atoms with van der Waals surface area (Å²) in [5.74, 6) is 4.13. The lowest BCUT2D eigenvalue weighted by molar-refractivity contribution is -0.149. The zero-order chi connectivity index (χ0) is 26.9. The highest BCUT2D eigenvalue weighted by Crippen LogP contribution is 2.15. The van der Waals surface area contributed by atoms with E-state index in [0.717, 1.165) is 0 Å². The van der Waals surface area contributed by atoms with Crippen LogP contribution in [0.5, 0.6) is 0 Å². The third-order valence-electron chi connectivity index (χ3n) is 4.55. The molecule has 1 aromatic rings. The molecule has 0 saturated carbocycles. The van der Waals surface area contributed by atoms with Crippen LogP contribution in [0, 0.1) is 11.8 Å². The molecule has 10 nitrogen and oxygen atoms in total. The molecule has 0 radical (unpaired) electrons. The maximum absolute atomic E-state index is 12.8. The summed E-state index contributed by atoms with van der Waals surface area (Å²) in [5, 5.41) is 4.97. The number of benzene rings is 1. The van der Waals surface area contributed by atoms with Crippen LogP contribution < -0.4 is 10.6 Å². The summed E-state index contributed by atoms with van der Waals surface area (Å²) >= 11 is 0. The van der Waals surface area contributed by atoms with Gasteiger partial charge in [-0.3, -0.25) is 0 Å². The number of fused-ring (bicyclic) bond motifs is 1. The van der Waals surface area contributed by atoms with Gasteiger partial charge in [0.15, 0.2) is 0 Å². The third-order valence-corrected chi connectivity index (χ3v) is 4.55. The van der Waals surface area contributed by atoms with Gasteiger partial charge in [-0.2, -0.15) is 0 Å². The number of rotatable bonds is 2. The molecular weight excluding hydrogens is 468 g/mol. The molecule has 10 heteroatoms. The standard InChI is InChI=1S/C26H34N2O8/c1-25(2,3)35-23(31)27-19-13-9-10-14-20(28-24(32)36-26(4,5)6)22(30)34-16-18-12-8-7-11-17(18)15-33-21(19)29/h7-8,11-12,19-20H,13-16H2,1-6H3,(H,27,31)(H,28,32)/t19-,20?/m0/s1. The lowest BCUT2D eigenvalue weighted by Gasteiger charge is -2.23. The summed E-state index contributed by atoms with van der Waals surface area (Å²) in [6, 6.07) is 4.76. The lowest BCUT2D eigenvalue weighted by atomic mass is 10.1. The first-order valence-electron chi connectivity index (χ1n) is 11.6. The van der Waals surface area contributed by atoms with E-state index in [-0.39, 0.29) is 26.1 Å². The Hall–Kier alpha value is -3.74. The van der Waals surface area contributed by atoms with Crippen molar-refractivity contribution >= 4 is 24.1 Å². The molecule has 1 aromatic carbocycles. The number of cyclic esters (lactones) is 2. The summed E-state index contributed by atoms with van der Waals surface area (Å²) in [7, 11) is 0. The van der Waals surface area contributed by atoms with Crippen LogP contribution in [0.25, 0.3) is 0 Å². The van der Waals surface area contributed by atoms with Crippen molar-refractivity contribution in [1.82, 2.24) is 10.6 Å². The van der Waals surface area contributed by atoms with Gasteiger partial charge in [-0.05, 0) is 52.7 Å². The average Bonchev–Trinajstić information content (AvgIpc) is 2.74. The second kappa shape index (κ2) is 12.3. The molecule has 1 heterocycles. The first kappa shape index (κ1) is 28.5. The van der Waals surface area contributed by atoms with E-state index >= 15 is 0 Å². The number of ether oxygens (including phenoxy) is 4. The number of hydrogen-bond donors (Lipinski definition) is 2. The number of carbonyl (C=O) groups is 4. The molecule has 0 fully saturated rings. The van der Waals surface area contributed by atoms with E-state index in [2.05, 4.69) is 22.5 Å². The number of hydrogen-bond acceptors (Lipinski definition) is 8. The van der Waals surface area contributed by atoms with E-state index in [9.17, 15) is 19.2 Å². The Labute approximate surface area is 211 Å². The molecule has 0 aromatic heterocycles. The van der Waals surface area contributed by atoms with Crippen molar-refractivity contribution in [3.05, 3.63) is 35.4 Å². The van der Waals surface area contributed by atoms with Crippen molar-refractivity contribution in [3.8, 4) is 11.8 Å². The first-order chi connectivity index (χ1) is 16.7. The zero-order valence-corrected chi connectivity index (χ0v) is 21.6. The van der Waals surface area contributed by atoms with E-state index in [1.54, 1.807) is 65.8 Å². The van der Waals surface area contributed by atoms with Crippen LogP contribution in [0.4, 0.5) is 9.59 Å². The van der Waals surface area contributed by atoms with Crippen LogP contribution in [0.15, 0.2) is 24.3 Å². The Morgan fingerprint density at radius 3 is 1.47 bits per heavy atom. The van der Waals surface area contributed by atoms with Crippen molar-refractivity contribution in [2.24, 2.45) is 0 Å². The summed E-state index contributed by atoms with van der Waals surface area (Å²) < 4.78 is 21.3. The van der Waals surface area contributed by atoms with E-state index in [1.807, 2.05) is 0 Å². The van der Waals surface area contributed by atoms with Gasteiger partial charge in [-0.25, -0.2) is 19.2 Å². The van der Waals surface area contributed by atoms with Crippen molar-refractivity contribution < 1.29 is 38.1 Å². The van der Waals surface area contributed by atoms with Crippen molar-refractivity contribution in [3.63, 3.8) is 0 Å². The number of nitrogens with one attached hydrogen (secondary N) is 2. The predicted octanol–water partition coefficient (Wildman–Crippen LogP) is 3.36. The van der Waals surface area contributed by atoms with Gasteiger partial charge in [-0.15, -0.1) is 11.8 Å². The Morgan fingerprint density at radius 2 is 1.14 bits per heavy atom. The Kier molecular flexibility index (Phi) is 9.73. The Morgan fingerprint density at radius 1 is 0.778 bits per heavy atom. The molecule has 0 bridgehead atoms. The van der Waals surface area contributed by atoms with Gasteiger partial charge in [0.1, 0.15) is 36.5 Å². The topological polar surface area (TPSA) is 129 Å². The molecule has 1 aliphatic heterocycles. The first-order valence-corrected chi connectivity index (χ1v) is 11.6. The monoisotopic (exact) mass is 502 g/mol. The molecule has 2 atom stereocenters. The molecule has 36 heavy (non-hydrogen) atoms. The van der Waals surface area contributed by atoms with Gasteiger partial charge >= 0.3 is 24.1 Å². The Bertz CT molecular complexity index is 948. The molecule has 0 aliphatic carbocycles. The number of alkyl carbamates (subject to hydrolysis) is 2. The maximum Gasteiger partial charge on any atom is 0.408 e. The summed E-state index contributed by atoms with van der Waals surface area (Å²) in [6.45, 7) is 9.99. The summed E-state index contributed by atoms with van der Waals surface area (Å²) in [5.41, 5.74) is -0.286. The van der Waals surface area contributed by atoms with Crippen LogP contribution in [-0.4, -0.2) is 47.4 Å². The molecule has 196 valence electrons. The predicted molar refractivity (Wildman–Crippen MR) is 129 cm³/mol. The number of amides is 2. The van der Waals surface area contributed by atoms with Gasteiger partial charge in [0.2, 0.25) is 0 Å². The molecule has 0 saturated heterocycles. The number of carbonyl (C=O) groups excluding carboxylic acids is 4. The minimum atomic E-state index is -1.10. The van der Waals surface area contributed by atoms with Crippen LogP contribution in [0.1, 0.15) is 65.5 Å². The maximum atomic E-state index is 12.8. The SMILES string of the molecule is CC(C)(C)OC(=O)NC1CC#CC[C@H](NC(=O)OC(C)(C)C)C(=O)OCc2ccccc2COC1=O. The fourth-order valence-corrected chi connectivity index (χ4v) is 2.97. The van der Waals surface area contributed by atoms with Gasteiger partial charge in [0.05, 0.1) is 0 Å². The van der Waals surface area contributed by atoms with Crippen LogP contribution in [0.2, 0.25) is 0 Å². The average molecular weight is 503 g/mol. The van der Waals surface area contributed by atoms with E-state index in [1.165, 1.54) is 0 Å². The Balaban J connectivity index is 2.28. The second-order valence-electron chi connectivity index (χ2n) is 10.1. The largest absolute Gasteiger partial charge is 0.459 e. The molecule has 0 spiro atoms. The highest BCUT2D eigenvalue weighted by molar-refractivity contribution is 5.82. The molecule has 2 amide bonds. The molecule has 2 rings (SSSR count). The van der Waals surface area contributed by atoms with Crippen LogP contribution in [-0.2, 0) is 41.8 Å². The highest BCUT2D eigenvalue weighted by Gasteiger charge is 2.27. The smallest absolute Gasteiger partial charge is 0.408 e. The molecule has 1 unspecified atom stereocenters. The lowest BCUT2D eigenvalue weighted by Crippen LogP contribution is -2.44. The van der Waals surface area contributed by atoms with Gasteiger partial charge < -0.3 is 29.6 Å². The summed E-state index contributed by atoms with van der Waals surface area (Å²) in [6.07, 6.45) is -1.79. The van der Waals surface area contributed by atoms with Crippen molar-refractivity contribution in [2.45, 2.75) is 90.9 Å². The molecular formula is C26H34N2O8. The third kappa shape index (κ3) is 10.3. The normalized spacial score (nSPS) is 19.2.